The Balaban J connectivity index is 1.96. The van der Waals surface area contributed by atoms with E-state index in [0.29, 0.717) is 17.0 Å². The van der Waals surface area contributed by atoms with Gasteiger partial charge >= 0.3 is 5.97 Å². The van der Waals surface area contributed by atoms with E-state index in [-0.39, 0.29) is 5.11 Å². The fourth-order valence-corrected chi connectivity index (χ4v) is 2.21. The van der Waals surface area contributed by atoms with Crippen LogP contribution in [0, 0.1) is 0 Å². The number of ether oxygens (including phenoxy) is 2. The number of benzene rings is 2. The molecule has 0 saturated carbocycles. The fourth-order valence-electron chi connectivity index (χ4n) is 2.00. The maximum absolute atomic E-state index is 12.2. The van der Waals surface area contributed by atoms with Crippen LogP contribution >= 0.6 is 12.2 Å². The molecule has 0 unspecified atom stereocenters. The Kier molecular flexibility index (Phi) is 6.47. The first-order valence-corrected chi connectivity index (χ1v) is 7.93. The van der Waals surface area contributed by atoms with Gasteiger partial charge < -0.3 is 14.8 Å². The molecule has 2 N–H and O–H groups in total. The Hall–Kier alpha value is -2.93. The van der Waals surface area contributed by atoms with Crippen LogP contribution in [0.2, 0.25) is 0 Å². The minimum atomic E-state index is -0.738. The van der Waals surface area contributed by atoms with Gasteiger partial charge in [0.05, 0.1) is 18.4 Å². The highest BCUT2D eigenvalue weighted by atomic mass is 32.1. The molecule has 0 radical (unpaired) electrons. The van der Waals surface area contributed by atoms with E-state index in [1.165, 1.54) is 7.11 Å². The van der Waals surface area contributed by atoms with Crippen molar-refractivity contribution in [1.82, 2.24) is 5.32 Å². The number of para-hydroxylation sites is 2. The second kappa shape index (κ2) is 8.79. The lowest BCUT2D eigenvalue weighted by Crippen LogP contribution is -2.42. The summed E-state index contributed by atoms with van der Waals surface area (Å²) in [6.45, 7) is 1.62. The first kappa shape index (κ1) is 18.4. The molecule has 0 aliphatic heterocycles. The van der Waals surface area contributed by atoms with Gasteiger partial charge in [0, 0.05) is 0 Å². The molecule has 0 bridgehead atoms. The second-order valence-corrected chi connectivity index (χ2v) is 5.46. The van der Waals surface area contributed by atoms with Gasteiger partial charge in [-0.1, -0.05) is 30.3 Å². The quantitative estimate of drug-likeness (QED) is 0.632. The molecule has 1 amide bonds. The summed E-state index contributed by atoms with van der Waals surface area (Å²) in [5.74, 6) is -0.324. The molecule has 130 valence electrons. The van der Waals surface area contributed by atoms with Gasteiger partial charge in [0.25, 0.3) is 5.91 Å². The molecule has 0 aliphatic carbocycles. The summed E-state index contributed by atoms with van der Waals surface area (Å²) in [4.78, 5) is 23.9. The Morgan fingerprint density at radius 1 is 1.04 bits per heavy atom. The predicted molar refractivity (Wildman–Crippen MR) is 98.7 cm³/mol. The highest BCUT2D eigenvalue weighted by Crippen LogP contribution is 2.16. The van der Waals surface area contributed by atoms with Crippen molar-refractivity contribution < 1.29 is 19.1 Å². The van der Waals surface area contributed by atoms with Gasteiger partial charge in [0.15, 0.2) is 11.2 Å². The molecular formula is C18H18N2O4S. The van der Waals surface area contributed by atoms with Crippen molar-refractivity contribution in [2.45, 2.75) is 13.0 Å². The van der Waals surface area contributed by atoms with Crippen molar-refractivity contribution in [3.8, 4) is 5.75 Å². The van der Waals surface area contributed by atoms with Crippen molar-refractivity contribution in [2.24, 2.45) is 0 Å². The van der Waals surface area contributed by atoms with Crippen LogP contribution in [-0.2, 0) is 9.53 Å². The second-order valence-electron chi connectivity index (χ2n) is 5.05. The number of hydrogen-bond donors (Lipinski definition) is 2. The largest absolute Gasteiger partial charge is 0.481 e. The summed E-state index contributed by atoms with van der Waals surface area (Å²) in [7, 11) is 1.29. The van der Waals surface area contributed by atoms with Crippen molar-refractivity contribution >= 4 is 34.9 Å². The molecule has 2 rings (SSSR count). The zero-order valence-corrected chi connectivity index (χ0v) is 14.6. The van der Waals surface area contributed by atoms with E-state index in [4.69, 9.17) is 21.7 Å². The summed E-state index contributed by atoms with van der Waals surface area (Å²) in [6.07, 6.45) is -0.738. The van der Waals surface area contributed by atoms with Crippen LogP contribution in [0.5, 0.6) is 5.75 Å². The molecule has 0 fully saturated rings. The summed E-state index contributed by atoms with van der Waals surface area (Å²) >= 11 is 5.13. The van der Waals surface area contributed by atoms with E-state index in [9.17, 15) is 9.59 Å². The van der Waals surface area contributed by atoms with Crippen molar-refractivity contribution in [3.05, 3.63) is 60.2 Å². The smallest absolute Gasteiger partial charge is 0.339 e. The van der Waals surface area contributed by atoms with E-state index in [1.807, 2.05) is 18.2 Å². The van der Waals surface area contributed by atoms with E-state index in [2.05, 4.69) is 10.6 Å². The number of anilines is 1. The van der Waals surface area contributed by atoms with Crippen LogP contribution in [0.25, 0.3) is 0 Å². The lowest BCUT2D eigenvalue weighted by atomic mass is 10.2. The maximum atomic E-state index is 12.2. The average molecular weight is 358 g/mol. The van der Waals surface area contributed by atoms with Crippen molar-refractivity contribution in [2.75, 3.05) is 12.4 Å². The zero-order chi connectivity index (χ0) is 18.2. The highest BCUT2D eigenvalue weighted by Gasteiger charge is 2.17. The molecule has 0 aromatic heterocycles. The Bertz CT molecular complexity index is 765. The molecule has 1 atom stereocenters. The van der Waals surface area contributed by atoms with Crippen LogP contribution in [0.4, 0.5) is 5.69 Å². The Morgan fingerprint density at radius 3 is 2.36 bits per heavy atom. The lowest BCUT2D eigenvalue weighted by Gasteiger charge is -2.16. The SMILES string of the molecule is COC(=O)c1ccccc1NC(=S)NC(=O)[C@@H](C)Oc1ccccc1. The van der Waals surface area contributed by atoms with E-state index in [1.54, 1.807) is 43.3 Å². The molecule has 2 aromatic rings. The van der Waals surface area contributed by atoms with Crippen LogP contribution in [0.3, 0.4) is 0 Å². The number of amides is 1. The Labute approximate surface area is 151 Å². The number of methoxy groups -OCH3 is 1. The van der Waals surface area contributed by atoms with Gasteiger partial charge in [-0.25, -0.2) is 4.79 Å². The maximum Gasteiger partial charge on any atom is 0.339 e. The number of hydrogen-bond acceptors (Lipinski definition) is 5. The zero-order valence-electron chi connectivity index (χ0n) is 13.8. The molecule has 6 nitrogen and oxygen atoms in total. The fraction of sp³-hybridized carbons (Fsp3) is 0.167. The van der Waals surface area contributed by atoms with E-state index in [0.717, 1.165) is 0 Å². The van der Waals surface area contributed by atoms with Gasteiger partial charge in [-0.15, -0.1) is 0 Å². The first-order chi connectivity index (χ1) is 12.0. The van der Waals surface area contributed by atoms with E-state index < -0.39 is 18.0 Å². The third-order valence-corrected chi connectivity index (χ3v) is 3.45. The number of rotatable bonds is 5. The monoisotopic (exact) mass is 358 g/mol. The van der Waals surface area contributed by atoms with Crippen LogP contribution in [0.1, 0.15) is 17.3 Å². The van der Waals surface area contributed by atoms with Gasteiger partial charge in [-0.3, -0.25) is 10.1 Å². The molecule has 0 spiro atoms. The third-order valence-electron chi connectivity index (χ3n) is 3.24. The van der Waals surface area contributed by atoms with Crippen molar-refractivity contribution in [3.63, 3.8) is 0 Å². The van der Waals surface area contributed by atoms with Gasteiger partial charge in [-0.2, -0.15) is 0 Å². The van der Waals surface area contributed by atoms with Gasteiger partial charge in [0.1, 0.15) is 5.75 Å². The normalized spacial score (nSPS) is 11.1. The standard InChI is InChI=1S/C18H18N2O4S/c1-12(24-13-8-4-3-5-9-13)16(21)20-18(25)19-15-11-7-6-10-14(15)17(22)23-2/h3-12H,1-2H3,(H2,19,20,21,25)/t12-/m1/s1. The number of nitrogens with one attached hydrogen (secondary N) is 2. The summed E-state index contributed by atoms with van der Waals surface area (Å²) in [5.41, 5.74) is 0.756. The first-order valence-electron chi connectivity index (χ1n) is 7.52. The predicted octanol–water partition coefficient (Wildman–Crippen LogP) is 2.75. The summed E-state index contributed by atoms with van der Waals surface area (Å²) in [6, 6.07) is 15.7. The minimum absolute atomic E-state index is 0.0601. The number of thiocarbonyl (C=S) groups is 1. The van der Waals surface area contributed by atoms with Gasteiger partial charge in [0.2, 0.25) is 0 Å². The van der Waals surface area contributed by atoms with Gasteiger partial charge in [-0.05, 0) is 43.4 Å². The molecule has 0 aliphatic rings. The molecule has 7 heteroatoms. The topological polar surface area (TPSA) is 76.7 Å². The number of carbonyl (C=O) groups is 2. The van der Waals surface area contributed by atoms with E-state index >= 15 is 0 Å². The molecule has 0 heterocycles. The number of esters is 1. The Morgan fingerprint density at radius 2 is 1.68 bits per heavy atom. The van der Waals surface area contributed by atoms with Crippen molar-refractivity contribution in [1.29, 1.82) is 0 Å². The molecule has 0 saturated heterocycles. The molecule has 2 aromatic carbocycles. The lowest BCUT2D eigenvalue weighted by molar-refractivity contribution is -0.125. The highest BCUT2D eigenvalue weighted by molar-refractivity contribution is 7.80. The minimum Gasteiger partial charge on any atom is -0.481 e. The van der Waals surface area contributed by atoms with Crippen LogP contribution < -0.4 is 15.4 Å². The average Bonchev–Trinajstić information content (AvgIpc) is 2.62. The number of carbonyl (C=O) groups excluding carboxylic acids is 2. The summed E-state index contributed by atoms with van der Waals surface area (Å²) in [5, 5.41) is 5.42. The third kappa shape index (κ3) is 5.29. The summed E-state index contributed by atoms with van der Waals surface area (Å²) < 4.78 is 10.2. The van der Waals surface area contributed by atoms with Crippen LogP contribution in [-0.4, -0.2) is 30.2 Å². The molecule has 25 heavy (non-hydrogen) atoms. The molecular weight excluding hydrogens is 340 g/mol. The van der Waals surface area contributed by atoms with Crippen LogP contribution in [0.15, 0.2) is 54.6 Å².